The van der Waals surface area contributed by atoms with Crippen molar-refractivity contribution < 1.29 is 14.6 Å². The first-order chi connectivity index (χ1) is 12.1. The monoisotopic (exact) mass is 374 g/mol. The van der Waals surface area contributed by atoms with Crippen molar-refractivity contribution in [3.8, 4) is 5.88 Å². The van der Waals surface area contributed by atoms with Gasteiger partial charge in [0.1, 0.15) is 0 Å². The molecule has 1 aliphatic heterocycles. The van der Waals surface area contributed by atoms with Crippen molar-refractivity contribution in [2.24, 2.45) is 4.99 Å². The van der Waals surface area contributed by atoms with Crippen molar-refractivity contribution in [2.45, 2.75) is 26.3 Å². The summed E-state index contributed by atoms with van der Waals surface area (Å²) < 4.78 is 7.15. The molecule has 1 aliphatic rings. The number of fused-ring (bicyclic) bond motifs is 1. The maximum absolute atomic E-state index is 11.4. The zero-order valence-corrected chi connectivity index (χ0v) is 15.4. The van der Waals surface area contributed by atoms with Crippen LogP contribution in [0.3, 0.4) is 0 Å². The zero-order chi connectivity index (χ0) is 17.8. The van der Waals surface area contributed by atoms with E-state index in [1.165, 1.54) is 11.3 Å². The van der Waals surface area contributed by atoms with Crippen LogP contribution in [-0.4, -0.2) is 28.5 Å². The number of nitrogens with zero attached hydrogens (tertiary/aromatic N) is 2. The molecule has 2 aromatic rings. The molecule has 0 spiro atoms. The van der Waals surface area contributed by atoms with Crippen LogP contribution < -0.4 is 0 Å². The summed E-state index contributed by atoms with van der Waals surface area (Å²) in [7, 11) is 0. The van der Waals surface area contributed by atoms with Gasteiger partial charge >= 0.3 is 5.97 Å². The van der Waals surface area contributed by atoms with E-state index in [4.69, 9.17) is 17.0 Å². The van der Waals surface area contributed by atoms with E-state index in [2.05, 4.69) is 4.99 Å². The van der Waals surface area contributed by atoms with Crippen molar-refractivity contribution >= 4 is 53.1 Å². The Labute approximate surface area is 154 Å². The second-order valence-electron chi connectivity index (χ2n) is 5.49. The van der Waals surface area contributed by atoms with E-state index in [1.54, 1.807) is 17.7 Å². The lowest BCUT2D eigenvalue weighted by atomic mass is 10.1. The first-order valence-electron chi connectivity index (χ1n) is 8.03. The Kier molecular flexibility index (Phi) is 5.45. The van der Waals surface area contributed by atoms with Crippen molar-refractivity contribution in [3.63, 3.8) is 0 Å². The van der Waals surface area contributed by atoms with Gasteiger partial charge in [-0.15, -0.1) is 11.3 Å². The van der Waals surface area contributed by atoms with Crippen LogP contribution in [0.25, 0.3) is 11.6 Å². The molecule has 0 aliphatic carbocycles. The fourth-order valence-electron chi connectivity index (χ4n) is 2.62. The van der Waals surface area contributed by atoms with Gasteiger partial charge in [0.2, 0.25) is 5.88 Å². The van der Waals surface area contributed by atoms with E-state index in [0.717, 1.165) is 16.8 Å². The van der Waals surface area contributed by atoms with Crippen LogP contribution in [0, 0.1) is 3.95 Å². The van der Waals surface area contributed by atoms with Gasteiger partial charge in [-0.2, -0.15) is 0 Å². The predicted molar refractivity (Wildman–Crippen MR) is 103 cm³/mol. The number of carbonyl (C=O) groups is 1. The van der Waals surface area contributed by atoms with Gasteiger partial charge in [-0.3, -0.25) is 14.4 Å². The summed E-state index contributed by atoms with van der Waals surface area (Å²) in [4.78, 5) is 16.5. The second-order valence-corrected chi connectivity index (χ2v) is 7.17. The lowest BCUT2D eigenvalue weighted by Crippen LogP contribution is -2.06. The van der Waals surface area contributed by atoms with Crippen LogP contribution in [0.5, 0.6) is 5.88 Å². The number of aliphatic imine (C=N–C) groups is 1. The second kappa shape index (κ2) is 7.76. The Bertz CT molecular complexity index is 909. The first kappa shape index (κ1) is 17.6. The van der Waals surface area contributed by atoms with E-state index in [1.807, 2.05) is 30.3 Å². The number of thiazole rings is 1. The lowest BCUT2D eigenvalue weighted by molar-refractivity contribution is -0.143. The summed E-state index contributed by atoms with van der Waals surface area (Å²) in [6, 6.07) is 7.86. The molecular weight excluding hydrogens is 356 g/mol. The van der Waals surface area contributed by atoms with Crippen LogP contribution in [0.4, 0.5) is 5.69 Å². The van der Waals surface area contributed by atoms with E-state index in [0.29, 0.717) is 34.8 Å². The van der Waals surface area contributed by atoms with Gasteiger partial charge in [-0.1, -0.05) is 18.2 Å². The Morgan fingerprint density at radius 3 is 3.04 bits per heavy atom. The molecule has 0 saturated carbocycles. The van der Waals surface area contributed by atoms with Gasteiger partial charge in [0, 0.05) is 30.3 Å². The third kappa shape index (κ3) is 3.88. The molecule has 5 nitrogen and oxygen atoms in total. The average Bonchev–Trinajstić information content (AvgIpc) is 3.12. The topological polar surface area (TPSA) is 63.8 Å². The zero-order valence-electron chi connectivity index (χ0n) is 13.8. The molecule has 0 unspecified atom stereocenters. The summed E-state index contributed by atoms with van der Waals surface area (Å²) in [5.41, 5.74) is 2.90. The summed E-state index contributed by atoms with van der Waals surface area (Å²) in [5, 5.41) is 10.5. The Morgan fingerprint density at radius 1 is 1.44 bits per heavy atom. The number of hydrogen-bond donors (Lipinski definition) is 1. The lowest BCUT2D eigenvalue weighted by Gasteiger charge is -2.05. The number of rotatable bonds is 6. The minimum Gasteiger partial charge on any atom is -0.493 e. The maximum atomic E-state index is 11.4. The van der Waals surface area contributed by atoms with E-state index in [9.17, 15) is 9.90 Å². The Morgan fingerprint density at radius 2 is 2.24 bits per heavy atom. The van der Waals surface area contributed by atoms with Gasteiger partial charge < -0.3 is 9.84 Å². The molecule has 0 amide bonds. The molecule has 1 N–H and O–H groups in total. The highest BCUT2D eigenvalue weighted by Crippen LogP contribution is 2.35. The van der Waals surface area contributed by atoms with Crippen molar-refractivity contribution in [2.75, 3.05) is 6.61 Å². The van der Waals surface area contributed by atoms with Crippen LogP contribution in [-0.2, 0) is 16.1 Å². The number of carbonyl (C=O) groups excluding carboxylic acids is 1. The normalized spacial score (nSPS) is 14.0. The largest absolute Gasteiger partial charge is 0.493 e. The fraction of sp³-hybridized carbons (Fsp3) is 0.278. The third-order valence-electron chi connectivity index (χ3n) is 3.81. The molecule has 0 bridgehead atoms. The summed E-state index contributed by atoms with van der Waals surface area (Å²) in [5.74, 6) is -0.103. The van der Waals surface area contributed by atoms with Gasteiger partial charge in [-0.05, 0) is 37.7 Å². The predicted octanol–water partition coefficient (Wildman–Crippen LogP) is 4.58. The first-order valence-corrected chi connectivity index (χ1v) is 9.26. The summed E-state index contributed by atoms with van der Waals surface area (Å²) in [6.07, 6.45) is 4.56. The number of aromatic nitrogens is 1. The van der Waals surface area contributed by atoms with Crippen molar-refractivity contribution in [1.29, 1.82) is 0 Å². The highest BCUT2D eigenvalue weighted by atomic mass is 32.1. The highest BCUT2D eigenvalue weighted by Gasteiger charge is 2.15. The smallest absolute Gasteiger partial charge is 0.305 e. The van der Waals surface area contributed by atoms with E-state index >= 15 is 0 Å². The number of esters is 1. The van der Waals surface area contributed by atoms with Crippen molar-refractivity contribution in [1.82, 2.24) is 4.57 Å². The molecule has 1 aromatic carbocycles. The molecule has 0 saturated heterocycles. The number of aromatic hydroxyl groups is 1. The quantitative estimate of drug-likeness (QED) is 0.593. The van der Waals surface area contributed by atoms with Crippen molar-refractivity contribution in [3.05, 3.63) is 38.7 Å². The maximum Gasteiger partial charge on any atom is 0.305 e. The van der Waals surface area contributed by atoms with Crippen LogP contribution in [0.15, 0.2) is 29.3 Å². The molecule has 0 fully saturated rings. The molecule has 1 aromatic heterocycles. The van der Waals surface area contributed by atoms with E-state index in [-0.39, 0.29) is 11.8 Å². The summed E-state index contributed by atoms with van der Waals surface area (Å²) in [6.45, 7) is 2.64. The Hall–Kier alpha value is -2.25. The minimum atomic E-state index is -0.232. The van der Waals surface area contributed by atoms with Crippen LogP contribution >= 0.6 is 23.6 Å². The summed E-state index contributed by atoms with van der Waals surface area (Å²) >= 11 is 6.70. The van der Waals surface area contributed by atoms with Crippen LogP contribution in [0.1, 0.15) is 30.2 Å². The number of ether oxygens (including phenoxy) is 1. The van der Waals surface area contributed by atoms with Gasteiger partial charge in [0.15, 0.2) is 3.95 Å². The standard InChI is InChI=1S/C18H18N2O3S2/c1-2-23-16(21)8-5-9-20-17(22)15(25-18(20)24)10-12-11-19-14-7-4-3-6-13(12)14/h3-4,6-7,10-11,22H,2,5,8-9H2,1H3/b12-10+. The molecule has 7 heteroatoms. The number of para-hydroxylation sites is 1. The molecule has 3 rings (SSSR count). The van der Waals surface area contributed by atoms with E-state index < -0.39 is 0 Å². The molecule has 130 valence electrons. The number of benzene rings is 1. The van der Waals surface area contributed by atoms with Gasteiger partial charge in [0.25, 0.3) is 0 Å². The molecule has 25 heavy (non-hydrogen) atoms. The average molecular weight is 374 g/mol. The number of hydrogen-bond acceptors (Lipinski definition) is 6. The van der Waals surface area contributed by atoms with Gasteiger partial charge in [0.05, 0.1) is 17.2 Å². The fourth-order valence-corrected chi connectivity index (χ4v) is 3.93. The highest BCUT2D eigenvalue weighted by molar-refractivity contribution is 7.73. The van der Waals surface area contributed by atoms with Gasteiger partial charge in [-0.25, -0.2) is 0 Å². The third-order valence-corrected chi connectivity index (χ3v) is 5.19. The Balaban J connectivity index is 1.77. The SMILES string of the molecule is CCOC(=O)CCCn1c(O)c(/C=C2\C=Nc3ccccc32)sc1=S. The molecule has 0 radical (unpaired) electrons. The molecule has 2 heterocycles. The number of allylic oxidation sites excluding steroid dienone is 1. The van der Waals surface area contributed by atoms with Crippen LogP contribution in [0.2, 0.25) is 0 Å². The minimum absolute atomic E-state index is 0.129. The molecular formula is C18H18N2O3S2. The molecule has 0 atom stereocenters.